The number of nitrogens with two attached hydrogens (primary N) is 2. The molecule has 0 saturated carbocycles. The molecule has 0 aliphatic rings. The van der Waals surface area contributed by atoms with Gasteiger partial charge in [-0.25, -0.2) is 14.9 Å². The number of carbonyl (C=O) groups is 1. The molecule has 1 atom stereocenters. The predicted octanol–water partition coefficient (Wildman–Crippen LogP) is 1.02. The zero-order valence-electron chi connectivity index (χ0n) is 16.5. The minimum atomic E-state index is -0.979. The van der Waals surface area contributed by atoms with Crippen LogP contribution in [0.3, 0.4) is 0 Å². The number of nitrogens with one attached hydrogen (secondary N) is 1. The smallest absolute Gasteiger partial charge is 0.437 e. The van der Waals surface area contributed by atoms with E-state index in [4.69, 9.17) is 16.2 Å². The molecule has 1 amide bonds. The van der Waals surface area contributed by atoms with Crippen LogP contribution in [0.4, 0.5) is 4.79 Å². The average Bonchev–Trinajstić information content (AvgIpc) is 2.57. The zero-order chi connectivity index (χ0) is 21.2. The first kappa shape index (κ1) is 23.2. The number of aromatic nitrogens is 1. The molecule has 11 nitrogen and oxygen atoms in total. The summed E-state index contributed by atoms with van der Waals surface area (Å²) >= 11 is 0. The van der Waals surface area contributed by atoms with Gasteiger partial charge in [0.1, 0.15) is 5.60 Å². The fraction of sp³-hybridized carbons (Fsp3) is 0.588. The van der Waals surface area contributed by atoms with Crippen molar-refractivity contribution in [2.45, 2.75) is 51.8 Å². The standard InChI is InChI=1S/C17H29N7O4/c1-17(2,3)28-16(25)22-15(19)23(24(26)27)10-6-7-13(18)11-20-12-14-8-4-5-9-21-14/h4-5,8-9,13,20H,6-7,10-12,18H2,1-3H3,(H2,19,22,25)/t13-/m0/s1. The molecule has 0 bridgehead atoms. The maximum absolute atomic E-state index is 11.6. The third kappa shape index (κ3) is 9.78. The Morgan fingerprint density at radius 1 is 1.46 bits per heavy atom. The van der Waals surface area contributed by atoms with Crippen LogP contribution in [0.25, 0.3) is 0 Å². The van der Waals surface area contributed by atoms with E-state index < -0.39 is 22.7 Å². The molecule has 28 heavy (non-hydrogen) atoms. The highest BCUT2D eigenvalue weighted by Crippen LogP contribution is 2.08. The number of amides is 1. The van der Waals surface area contributed by atoms with Crippen LogP contribution in [0, 0.1) is 10.1 Å². The Kier molecular flexibility index (Phi) is 9.25. The lowest BCUT2D eigenvalue weighted by atomic mass is 10.1. The van der Waals surface area contributed by atoms with Gasteiger partial charge in [0.2, 0.25) is 0 Å². The first-order valence-electron chi connectivity index (χ1n) is 8.93. The molecule has 0 aliphatic carbocycles. The molecule has 1 rings (SSSR count). The molecule has 5 N–H and O–H groups in total. The summed E-state index contributed by atoms with van der Waals surface area (Å²) in [6.45, 7) is 6.07. The van der Waals surface area contributed by atoms with Crippen molar-refractivity contribution in [1.29, 1.82) is 0 Å². The molecule has 0 spiro atoms. The maximum Gasteiger partial charge on any atom is 0.437 e. The van der Waals surface area contributed by atoms with E-state index in [1.165, 1.54) is 0 Å². The Balaban J connectivity index is 2.41. The second-order valence-corrected chi connectivity index (χ2v) is 7.17. The number of carbonyl (C=O) groups excluding carboxylic acids is 1. The van der Waals surface area contributed by atoms with Crippen molar-refractivity contribution in [1.82, 2.24) is 15.3 Å². The van der Waals surface area contributed by atoms with E-state index in [0.29, 0.717) is 30.9 Å². The van der Waals surface area contributed by atoms with Crippen LogP contribution >= 0.6 is 0 Å². The highest BCUT2D eigenvalue weighted by Gasteiger charge is 2.23. The fourth-order valence-electron chi connectivity index (χ4n) is 2.21. The number of rotatable bonds is 9. The number of ether oxygens (including phenoxy) is 1. The lowest BCUT2D eigenvalue weighted by Crippen LogP contribution is -2.43. The van der Waals surface area contributed by atoms with Gasteiger partial charge in [-0.1, -0.05) is 11.1 Å². The van der Waals surface area contributed by atoms with Crippen molar-refractivity contribution in [2.24, 2.45) is 16.5 Å². The molecule has 0 fully saturated rings. The molecule has 0 aromatic carbocycles. The van der Waals surface area contributed by atoms with Gasteiger partial charge in [-0.3, -0.25) is 4.98 Å². The summed E-state index contributed by atoms with van der Waals surface area (Å²) in [5, 5.41) is 14.3. The fourth-order valence-corrected chi connectivity index (χ4v) is 2.21. The van der Waals surface area contributed by atoms with E-state index >= 15 is 0 Å². The van der Waals surface area contributed by atoms with Gasteiger partial charge in [-0.2, -0.15) is 0 Å². The van der Waals surface area contributed by atoms with Crippen LogP contribution in [0.1, 0.15) is 39.3 Å². The van der Waals surface area contributed by atoms with E-state index in [2.05, 4.69) is 15.3 Å². The molecule has 0 radical (unpaired) electrons. The molecule has 0 saturated heterocycles. The quantitative estimate of drug-likeness (QED) is 0.240. The normalized spacial score (nSPS) is 13.1. The zero-order valence-corrected chi connectivity index (χ0v) is 16.5. The van der Waals surface area contributed by atoms with Gasteiger partial charge in [0.15, 0.2) is 5.03 Å². The number of aliphatic imine (C=N–C) groups is 1. The Morgan fingerprint density at radius 2 is 2.18 bits per heavy atom. The first-order chi connectivity index (χ1) is 13.1. The summed E-state index contributed by atoms with van der Waals surface area (Å²) in [6.07, 6.45) is 1.66. The van der Waals surface area contributed by atoms with Crippen LogP contribution < -0.4 is 16.8 Å². The van der Waals surface area contributed by atoms with Crippen LogP contribution in [0.5, 0.6) is 0 Å². The van der Waals surface area contributed by atoms with Crippen molar-refractivity contribution in [3.05, 3.63) is 40.2 Å². The summed E-state index contributed by atoms with van der Waals surface area (Å²) in [7, 11) is 0. The van der Waals surface area contributed by atoms with Crippen molar-refractivity contribution in [2.75, 3.05) is 13.1 Å². The van der Waals surface area contributed by atoms with Crippen LogP contribution in [-0.2, 0) is 11.3 Å². The maximum atomic E-state index is 11.6. The third-order valence-electron chi connectivity index (χ3n) is 3.44. The Morgan fingerprint density at radius 3 is 2.75 bits per heavy atom. The number of nitro groups is 1. The van der Waals surface area contributed by atoms with Gasteiger partial charge in [-0.05, 0) is 45.7 Å². The van der Waals surface area contributed by atoms with Gasteiger partial charge >= 0.3 is 6.09 Å². The number of hydrogen-bond acceptors (Lipinski definition) is 7. The van der Waals surface area contributed by atoms with E-state index in [9.17, 15) is 14.9 Å². The lowest BCUT2D eigenvalue weighted by Gasteiger charge is -2.18. The van der Waals surface area contributed by atoms with Crippen LogP contribution in [0.2, 0.25) is 0 Å². The van der Waals surface area contributed by atoms with E-state index in [0.717, 1.165) is 5.69 Å². The highest BCUT2D eigenvalue weighted by atomic mass is 16.7. The number of hydrogen-bond donors (Lipinski definition) is 3. The Labute approximate surface area is 164 Å². The first-order valence-corrected chi connectivity index (χ1v) is 8.93. The molecular weight excluding hydrogens is 366 g/mol. The average molecular weight is 395 g/mol. The van der Waals surface area contributed by atoms with E-state index in [1.807, 2.05) is 18.2 Å². The Hall–Kier alpha value is -2.79. The Bertz CT molecular complexity index is 661. The summed E-state index contributed by atoms with van der Waals surface area (Å²) in [5.74, 6) is -0.527. The van der Waals surface area contributed by atoms with Gasteiger partial charge in [-0.15, -0.1) is 4.99 Å². The molecule has 1 heterocycles. The lowest BCUT2D eigenvalue weighted by molar-refractivity contribution is -0.629. The molecule has 11 heteroatoms. The second-order valence-electron chi connectivity index (χ2n) is 7.17. The minimum Gasteiger partial charge on any atom is -0.442 e. The molecule has 1 aromatic rings. The SMILES string of the molecule is CC(C)(C)OC(=O)N=C(N)N(CCC[C@H](N)CNCc1ccccn1)[N+](=O)[O-]. The molecular formula is C17H29N7O4. The van der Waals surface area contributed by atoms with Gasteiger partial charge in [0.25, 0.3) is 5.96 Å². The second kappa shape index (κ2) is 11.1. The monoisotopic (exact) mass is 395 g/mol. The van der Waals surface area contributed by atoms with E-state index in [-0.39, 0.29) is 12.6 Å². The van der Waals surface area contributed by atoms with Gasteiger partial charge in [0, 0.05) is 25.3 Å². The van der Waals surface area contributed by atoms with E-state index in [1.54, 1.807) is 27.0 Å². The number of pyridine rings is 1. The van der Waals surface area contributed by atoms with Crippen LogP contribution in [-0.4, -0.2) is 51.8 Å². The number of hydrazine groups is 1. The summed E-state index contributed by atoms with van der Waals surface area (Å²) in [5.41, 5.74) is 11.7. The summed E-state index contributed by atoms with van der Waals surface area (Å²) < 4.78 is 4.97. The van der Waals surface area contributed by atoms with Crippen molar-refractivity contribution in [3.63, 3.8) is 0 Å². The molecule has 1 aromatic heterocycles. The van der Waals surface area contributed by atoms with Gasteiger partial charge < -0.3 is 21.5 Å². The summed E-state index contributed by atoms with van der Waals surface area (Å²) in [4.78, 5) is 30.4. The molecule has 156 valence electrons. The predicted molar refractivity (Wildman–Crippen MR) is 105 cm³/mol. The number of nitrogens with zero attached hydrogens (tertiary/aromatic N) is 4. The van der Waals surface area contributed by atoms with Gasteiger partial charge in [0.05, 0.1) is 12.2 Å². The summed E-state index contributed by atoms with van der Waals surface area (Å²) in [6, 6.07) is 5.45. The number of guanidine groups is 1. The third-order valence-corrected chi connectivity index (χ3v) is 3.44. The topological polar surface area (TPSA) is 162 Å². The molecule has 0 unspecified atom stereocenters. The minimum absolute atomic E-state index is 0.0287. The van der Waals surface area contributed by atoms with Crippen molar-refractivity contribution in [3.8, 4) is 0 Å². The molecule has 0 aliphatic heterocycles. The van der Waals surface area contributed by atoms with Crippen molar-refractivity contribution < 1.29 is 14.6 Å². The van der Waals surface area contributed by atoms with Crippen molar-refractivity contribution >= 4 is 12.1 Å². The highest BCUT2D eigenvalue weighted by molar-refractivity contribution is 5.88. The largest absolute Gasteiger partial charge is 0.442 e. The van der Waals surface area contributed by atoms with Crippen LogP contribution in [0.15, 0.2) is 29.4 Å².